The van der Waals surface area contributed by atoms with Crippen molar-refractivity contribution in [1.82, 2.24) is 25.0 Å². The van der Waals surface area contributed by atoms with Crippen molar-refractivity contribution in [3.05, 3.63) is 41.9 Å². The highest BCUT2D eigenvalue weighted by atomic mass is 127. The standard InChI is InChI=1S/C21H31N7.HI/c1-3-22-21(28-11-8-18(16-28)19-14-25-26(2)15-19)24-13-17-6-7-20(23-12-17)27-9-4-5-10-27;/h6-7,12,14-15,18H,3-5,8-11,13,16H2,1-2H3,(H,22,24);1H. The van der Waals surface area contributed by atoms with Gasteiger partial charge in [-0.25, -0.2) is 9.98 Å². The fourth-order valence-electron chi connectivity index (χ4n) is 4.11. The molecule has 158 valence electrons. The van der Waals surface area contributed by atoms with Crippen molar-refractivity contribution in [2.24, 2.45) is 12.0 Å². The number of halogens is 1. The van der Waals surface area contributed by atoms with E-state index in [1.807, 2.05) is 24.1 Å². The zero-order chi connectivity index (χ0) is 19.3. The largest absolute Gasteiger partial charge is 0.357 e. The van der Waals surface area contributed by atoms with E-state index in [1.54, 1.807) is 0 Å². The first-order valence-corrected chi connectivity index (χ1v) is 10.4. The Labute approximate surface area is 190 Å². The lowest BCUT2D eigenvalue weighted by molar-refractivity contribution is 0.486. The molecule has 8 heteroatoms. The molecule has 0 bridgehead atoms. The van der Waals surface area contributed by atoms with Crippen LogP contribution in [0.25, 0.3) is 0 Å². The van der Waals surface area contributed by atoms with E-state index >= 15 is 0 Å². The maximum absolute atomic E-state index is 4.88. The number of nitrogens with one attached hydrogen (secondary N) is 1. The van der Waals surface area contributed by atoms with E-state index in [4.69, 9.17) is 4.99 Å². The van der Waals surface area contributed by atoms with E-state index in [1.165, 1.54) is 18.4 Å². The molecule has 7 nitrogen and oxygen atoms in total. The van der Waals surface area contributed by atoms with Crippen LogP contribution in [0.2, 0.25) is 0 Å². The Morgan fingerprint density at radius 3 is 2.69 bits per heavy atom. The summed E-state index contributed by atoms with van der Waals surface area (Å²) in [7, 11) is 1.98. The van der Waals surface area contributed by atoms with Gasteiger partial charge in [0.2, 0.25) is 0 Å². The molecule has 2 saturated heterocycles. The molecule has 1 atom stereocenters. The van der Waals surface area contributed by atoms with Crippen LogP contribution < -0.4 is 10.2 Å². The van der Waals surface area contributed by atoms with Gasteiger partial charge in [0.25, 0.3) is 0 Å². The van der Waals surface area contributed by atoms with Crippen LogP contribution in [0.3, 0.4) is 0 Å². The van der Waals surface area contributed by atoms with Crippen molar-refractivity contribution < 1.29 is 0 Å². The topological polar surface area (TPSA) is 61.6 Å². The molecule has 2 aromatic heterocycles. The molecular formula is C21H32IN7. The average molecular weight is 509 g/mol. The van der Waals surface area contributed by atoms with Crippen LogP contribution in [-0.4, -0.2) is 58.3 Å². The summed E-state index contributed by atoms with van der Waals surface area (Å²) in [5.74, 6) is 2.62. The van der Waals surface area contributed by atoms with Crippen LogP contribution in [-0.2, 0) is 13.6 Å². The van der Waals surface area contributed by atoms with Gasteiger partial charge in [0.15, 0.2) is 5.96 Å². The number of aromatic nitrogens is 3. The monoisotopic (exact) mass is 509 g/mol. The Bertz CT molecular complexity index is 796. The number of pyridine rings is 1. The number of hydrogen-bond donors (Lipinski definition) is 1. The maximum atomic E-state index is 4.88. The van der Waals surface area contributed by atoms with Gasteiger partial charge in [-0.1, -0.05) is 6.07 Å². The second-order valence-corrected chi connectivity index (χ2v) is 7.77. The number of hydrogen-bond acceptors (Lipinski definition) is 4. The van der Waals surface area contributed by atoms with Crippen LogP contribution in [0, 0.1) is 0 Å². The molecule has 29 heavy (non-hydrogen) atoms. The van der Waals surface area contributed by atoms with E-state index in [0.717, 1.165) is 56.5 Å². The first-order chi connectivity index (χ1) is 13.7. The van der Waals surface area contributed by atoms with Gasteiger partial charge in [-0.15, -0.1) is 24.0 Å². The minimum atomic E-state index is 0. The predicted octanol–water partition coefficient (Wildman–Crippen LogP) is 2.99. The Balaban J connectivity index is 0.00000240. The lowest BCUT2D eigenvalue weighted by Crippen LogP contribution is -2.40. The molecule has 1 unspecified atom stereocenters. The highest BCUT2D eigenvalue weighted by molar-refractivity contribution is 14.0. The summed E-state index contributed by atoms with van der Waals surface area (Å²) < 4.78 is 1.89. The van der Waals surface area contributed by atoms with E-state index in [2.05, 4.69) is 50.5 Å². The van der Waals surface area contributed by atoms with E-state index in [9.17, 15) is 0 Å². The highest BCUT2D eigenvalue weighted by Gasteiger charge is 2.26. The lowest BCUT2D eigenvalue weighted by atomic mass is 10.0. The van der Waals surface area contributed by atoms with Gasteiger partial charge in [0, 0.05) is 58.1 Å². The van der Waals surface area contributed by atoms with Crippen LogP contribution in [0.1, 0.15) is 43.2 Å². The Hall–Kier alpha value is -1.84. The van der Waals surface area contributed by atoms with Crippen molar-refractivity contribution in [1.29, 1.82) is 0 Å². The minimum absolute atomic E-state index is 0. The summed E-state index contributed by atoms with van der Waals surface area (Å²) in [4.78, 5) is 14.3. The van der Waals surface area contributed by atoms with Gasteiger partial charge in [-0.05, 0) is 43.4 Å². The van der Waals surface area contributed by atoms with Crippen molar-refractivity contribution in [2.75, 3.05) is 37.6 Å². The third-order valence-corrected chi connectivity index (χ3v) is 5.67. The molecule has 0 aromatic carbocycles. The van der Waals surface area contributed by atoms with Crippen LogP contribution in [0.4, 0.5) is 5.82 Å². The number of nitrogens with zero attached hydrogens (tertiary/aromatic N) is 6. The molecule has 2 aromatic rings. The van der Waals surface area contributed by atoms with Gasteiger partial charge in [-0.2, -0.15) is 5.10 Å². The second-order valence-electron chi connectivity index (χ2n) is 7.77. The normalized spacial score (nSPS) is 19.5. The first-order valence-electron chi connectivity index (χ1n) is 10.4. The zero-order valence-electron chi connectivity index (χ0n) is 17.4. The molecule has 0 spiro atoms. The van der Waals surface area contributed by atoms with Gasteiger partial charge < -0.3 is 15.1 Å². The fraction of sp³-hybridized carbons (Fsp3) is 0.571. The van der Waals surface area contributed by atoms with Crippen molar-refractivity contribution in [3.8, 4) is 0 Å². The second kappa shape index (κ2) is 10.3. The molecule has 4 rings (SSSR count). The van der Waals surface area contributed by atoms with Crippen LogP contribution in [0.15, 0.2) is 35.7 Å². The number of aryl methyl sites for hydroxylation is 1. The molecular weight excluding hydrogens is 477 g/mol. The number of rotatable bonds is 5. The van der Waals surface area contributed by atoms with E-state index in [-0.39, 0.29) is 24.0 Å². The quantitative estimate of drug-likeness (QED) is 0.382. The van der Waals surface area contributed by atoms with E-state index < -0.39 is 0 Å². The highest BCUT2D eigenvalue weighted by Crippen LogP contribution is 2.26. The molecule has 2 fully saturated rings. The predicted molar refractivity (Wildman–Crippen MR) is 128 cm³/mol. The molecule has 0 radical (unpaired) electrons. The van der Waals surface area contributed by atoms with Crippen molar-refractivity contribution >= 4 is 35.8 Å². The number of likely N-dealkylation sites (tertiary alicyclic amines) is 1. The summed E-state index contributed by atoms with van der Waals surface area (Å²) in [6, 6.07) is 4.30. The van der Waals surface area contributed by atoms with E-state index in [0.29, 0.717) is 12.5 Å². The van der Waals surface area contributed by atoms with Gasteiger partial charge in [0.05, 0.1) is 12.7 Å². The Morgan fingerprint density at radius 2 is 2.03 bits per heavy atom. The summed E-state index contributed by atoms with van der Waals surface area (Å²) in [5, 5.41) is 7.78. The van der Waals surface area contributed by atoms with Crippen LogP contribution >= 0.6 is 24.0 Å². The number of anilines is 1. The average Bonchev–Trinajstić information content (AvgIpc) is 3.46. The summed E-state index contributed by atoms with van der Waals surface area (Å²) in [5.41, 5.74) is 2.48. The van der Waals surface area contributed by atoms with Gasteiger partial charge in [0.1, 0.15) is 5.82 Å². The van der Waals surface area contributed by atoms with Crippen molar-refractivity contribution in [3.63, 3.8) is 0 Å². The third-order valence-electron chi connectivity index (χ3n) is 5.67. The summed E-state index contributed by atoms with van der Waals surface area (Å²) in [6.07, 6.45) is 9.79. The van der Waals surface area contributed by atoms with Crippen LogP contribution in [0.5, 0.6) is 0 Å². The minimum Gasteiger partial charge on any atom is -0.357 e. The number of aliphatic imine (C=N–C) groups is 1. The zero-order valence-corrected chi connectivity index (χ0v) is 19.7. The smallest absolute Gasteiger partial charge is 0.194 e. The van der Waals surface area contributed by atoms with Crippen molar-refractivity contribution in [2.45, 2.75) is 38.6 Å². The van der Waals surface area contributed by atoms with Gasteiger partial charge in [-0.3, -0.25) is 4.68 Å². The summed E-state index contributed by atoms with van der Waals surface area (Å²) in [6.45, 7) is 7.92. The molecule has 4 heterocycles. The maximum Gasteiger partial charge on any atom is 0.194 e. The number of guanidine groups is 1. The first kappa shape index (κ1) is 21.9. The molecule has 2 aliphatic heterocycles. The molecule has 0 saturated carbocycles. The lowest BCUT2D eigenvalue weighted by Gasteiger charge is -2.21. The summed E-state index contributed by atoms with van der Waals surface area (Å²) >= 11 is 0. The Morgan fingerprint density at radius 1 is 1.21 bits per heavy atom. The molecule has 1 N–H and O–H groups in total. The third kappa shape index (κ3) is 5.40. The molecule has 2 aliphatic rings. The Kier molecular flexibility index (Phi) is 7.74. The fourth-order valence-corrected chi connectivity index (χ4v) is 4.11. The van der Waals surface area contributed by atoms with Gasteiger partial charge >= 0.3 is 0 Å². The molecule has 0 aliphatic carbocycles. The SMILES string of the molecule is CCNC(=NCc1ccc(N2CCCC2)nc1)N1CCC(c2cnn(C)c2)C1.I. The molecule has 0 amide bonds.